The highest BCUT2D eigenvalue weighted by molar-refractivity contribution is 5.86. The van der Waals surface area contributed by atoms with Gasteiger partial charge in [0.1, 0.15) is 6.61 Å². The molecule has 0 fully saturated rings. The van der Waals surface area contributed by atoms with Crippen molar-refractivity contribution in [1.29, 1.82) is 0 Å². The average Bonchev–Trinajstić information content (AvgIpc) is 2.62. The zero-order valence-electron chi connectivity index (χ0n) is 14.2. The Labute approximate surface area is 146 Å². The lowest BCUT2D eigenvalue weighted by Gasteiger charge is -2.25. The van der Waals surface area contributed by atoms with Gasteiger partial charge in [-0.3, -0.25) is 20.4 Å². The fraction of sp³-hybridized carbons (Fsp3) is 0.263. The summed E-state index contributed by atoms with van der Waals surface area (Å²) >= 11 is 0. The normalized spacial score (nSPS) is 15.4. The number of para-hydroxylation sites is 2. The van der Waals surface area contributed by atoms with Gasteiger partial charge >= 0.3 is 0 Å². The molecule has 0 bridgehead atoms. The molecule has 1 unspecified atom stereocenters. The van der Waals surface area contributed by atoms with Crippen LogP contribution in [-0.2, 0) is 16.0 Å². The van der Waals surface area contributed by atoms with Gasteiger partial charge < -0.3 is 9.47 Å². The van der Waals surface area contributed by atoms with Crippen LogP contribution in [0, 0.1) is 13.8 Å². The zero-order chi connectivity index (χ0) is 17.8. The van der Waals surface area contributed by atoms with E-state index in [0.29, 0.717) is 11.5 Å². The van der Waals surface area contributed by atoms with E-state index in [4.69, 9.17) is 9.47 Å². The molecule has 0 saturated carbocycles. The summed E-state index contributed by atoms with van der Waals surface area (Å²) in [6.07, 6.45) is -0.616. The van der Waals surface area contributed by atoms with E-state index in [1.165, 1.54) is 0 Å². The maximum atomic E-state index is 12.2. The Kier molecular flexibility index (Phi) is 4.88. The highest BCUT2D eigenvalue weighted by Gasteiger charge is 2.27. The van der Waals surface area contributed by atoms with Crippen LogP contribution >= 0.6 is 0 Å². The van der Waals surface area contributed by atoms with Crippen LogP contribution in [0.25, 0.3) is 0 Å². The minimum Gasteiger partial charge on any atom is -0.485 e. The predicted octanol–water partition coefficient (Wildman–Crippen LogP) is 1.83. The lowest BCUT2D eigenvalue weighted by Crippen LogP contribution is -2.51. The van der Waals surface area contributed by atoms with Crippen molar-refractivity contribution in [3.63, 3.8) is 0 Å². The Balaban J connectivity index is 1.52. The van der Waals surface area contributed by atoms with E-state index in [2.05, 4.69) is 10.9 Å². The van der Waals surface area contributed by atoms with Crippen molar-refractivity contribution >= 4 is 11.8 Å². The first-order chi connectivity index (χ1) is 12.0. The van der Waals surface area contributed by atoms with Gasteiger partial charge in [0.25, 0.3) is 5.91 Å². The summed E-state index contributed by atoms with van der Waals surface area (Å²) in [5, 5.41) is 0. The van der Waals surface area contributed by atoms with Crippen LogP contribution < -0.4 is 20.3 Å². The molecule has 0 spiro atoms. The summed E-state index contributed by atoms with van der Waals surface area (Å²) in [4.78, 5) is 24.2. The second-order valence-electron chi connectivity index (χ2n) is 6.01. The molecular formula is C19H20N2O4. The van der Waals surface area contributed by atoms with Crippen LogP contribution in [0.1, 0.15) is 16.7 Å². The van der Waals surface area contributed by atoms with E-state index in [1.807, 2.05) is 38.1 Å². The van der Waals surface area contributed by atoms with Gasteiger partial charge in [-0.15, -0.1) is 0 Å². The molecule has 2 N–H and O–H groups in total. The molecule has 1 aliphatic heterocycles. The number of hydrogen-bond acceptors (Lipinski definition) is 4. The van der Waals surface area contributed by atoms with Crippen LogP contribution in [-0.4, -0.2) is 24.5 Å². The number of carbonyl (C=O) groups excluding carboxylic acids is 2. The quantitative estimate of drug-likeness (QED) is 0.836. The standard InChI is InChI=1S/C19H20N2O4/c1-12-7-8-13(2)14(9-12)10-18(22)20-21-19(23)17-11-24-15-5-3-4-6-16(15)25-17/h3-9,17H,10-11H2,1-2H3,(H,20,22)(H,21,23). The number of fused-ring (bicyclic) bond motifs is 1. The van der Waals surface area contributed by atoms with Crippen molar-refractivity contribution in [1.82, 2.24) is 10.9 Å². The highest BCUT2D eigenvalue weighted by atomic mass is 16.6. The van der Waals surface area contributed by atoms with Crippen molar-refractivity contribution in [2.24, 2.45) is 0 Å². The van der Waals surface area contributed by atoms with Gasteiger partial charge in [0.15, 0.2) is 11.5 Å². The monoisotopic (exact) mass is 340 g/mol. The summed E-state index contributed by atoms with van der Waals surface area (Å²) < 4.78 is 11.1. The van der Waals surface area contributed by atoms with Gasteiger partial charge in [-0.1, -0.05) is 35.9 Å². The molecule has 1 aliphatic rings. The van der Waals surface area contributed by atoms with Gasteiger partial charge in [0, 0.05) is 0 Å². The first-order valence-corrected chi connectivity index (χ1v) is 8.06. The number of rotatable bonds is 3. The van der Waals surface area contributed by atoms with Crippen molar-refractivity contribution in [3.05, 3.63) is 59.2 Å². The van der Waals surface area contributed by atoms with Gasteiger partial charge in [0.2, 0.25) is 12.0 Å². The van der Waals surface area contributed by atoms with E-state index in [-0.39, 0.29) is 18.9 Å². The molecule has 1 atom stereocenters. The molecule has 6 heteroatoms. The molecule has 0 radical (unpaired) electrons. The Hall–Kier alpha value is -3.02. The number of ether oxygens (including phenoxy) is 2. The summed E-state index contributed by atoms with van der Waals surface area (Å²) in [5.41, 5.74) is 7.87. The number of amides is 2. The van der Waals surface area contributed by atoms with E-state index in [0.717, 1.165) is 16.7 Å². The summed E-state index contributed by atoms with van der Waals surface area (Å²) in [6.45, 7) is 4.02. The van der Waals surface area contributed by atoms with Gasteiger partial charge in [-0.05, 0) is 37.1 Å². The number of hydrazine groups is 1. The van der Waals surface area contributed by atoms with Crippen LogP contribution in [0.5, 0.6) is 11.5 Å². The topological polar surface area (TPSA) is 76.7 Å². The molecule has 0 saturated heterocycles. The van der Waals surface area contributed by atoms with Crippen molar-refractivity contribution in [2.45, 2.75) is 26.4 Å². The number of benzene rings is 2. The molecule has 2 amide bonds. The summed E-state index contributed by atoms with van der Waals surface area (Å²) in [6, 6.07) is 13.1. The molecule has 25 heavy (non-hydrogen) atoms. The molecule has 3 rings (SSSR count). The van der Waals surface area contributed by atoms with E-state index in [9.17, 15) is 9.59 Å². The molecule has 2 aromatic rings. The van der Waals surface area contributed by atoms with Crippen LogP contribution in [0.4, 0.5) is 0 Å². The Morgan fingerprint density at radius 3 is 2.64 bits per heavy atom. The first-order valence-electron chi connectivity index (χ1n) is 8.06. The maximum Gasteiger partial charge on any atom is 0.283 e. The minimum absolute atomic E-state index is 0.0930. The third-order valence-corrected chi connectivity index (χ3v) is 3.98. The van der Waals surface area contributed by atoms with Crippen molar-refractivity contribution in [3.8, 4) is 11.5 Å². The van der Waals surface area contributed by atoms with E-state index >= 15 is 0 Å². The smallest absolute Gasteiger partial charge is 0.283 e. The van der Waals surface area contributed by atoms with Crippen LogP contribution in [0.15, 0.2) is 42.5 Å². The molecular weight excluding hydrogens is 320 g/mol. The largest absolute Gasteiger partial charge is 0.485 e. The van der Waals surface area contributed by atoms with Gasteiger partial charge in [0.05, 0.1) is 6.42 Å². The Morgan fingerprint density at radius 1 is 1.08 bits per heavy atom. The minimum atomic E-state index is -0.809. The maximum absolute atomic E-state index is 12.2. The second-order valence-corrected chi connectivity index (χ2v) is 6.01. The number of carbonyl (C=O) groups is 2. The predicted molar refractivity (Wildman–Crippen MR) is 92.3 cm³/mol. The van der Waals surface area contributed by atoms with Crippen molar-refractivity contribution in [2.75, 3.05) is 6.61 Å². The lowest BCUT2D eigenvalue weighted by atomic mass is 10.0. The molecule has 130 valence electrons. The Bertz CT molecular complexity index is 804. The lowest BCUT2D eigenvalue weighted by molar-refractivity contribution is -0.134. The van der Waals surface area contributed by atoms with Crippen LogP contribution in [0.3, 0.4) is 0 Å². The SMILES string of the molecule is Cc1ccc(C)c(CC(=O)NNC(=O)C2COc3ccccc3O2)c1. The van der Waals surface area contributed by atoms with Gasteiger partial charge in [-0.25, -0.2) is 0 Å². The van der Waals surface area contributed by atoms with E-state index in [1.54, 1.807) is 18.2 Å². The molecule has 1 heterocycles. The third-order valence-electron chi connectivity index (χ3n) is 3.98. The number of aryl methyl sites for hydroxylation is 2. The van der Waals surface area contributed by atoms with E-state index < -0.39 is 12.0 Å². The number of hydrogen-bond donors (Lipinski definition) is 2. The highest BCUT2D eigenvalue weighted by Crippen LogP contribution is 2.30. The summed E-state index contributed by atoms with van der Waals surface area (Å²) in [5.74, 6) is 0.365. The zero-order valence-corrected chi connectivity index (χ0v) is 14.2. The molecule has 0 aliphatic carbocycles. The average molecular weight is 340 g/mol. The molecule has 2 aromatic carbocycles. The van der Waals surface area contributed by atoms with Gasteiger partial charge in [-0.2, -0.15) is 0 Å². The van der Waals surface area contributed by atoms with Crippen molar-refractivity contribution < 1.29 is 19.1 Å². The van der Waals surface area contributed by atoms with Crippen LogP contribution in [0.2, 0.25) is 0 Å². The fourth-order valence-corrected chi connectivity index (χ4v) is 2.57. The molecule has 0 aromatic heterocycles. The first kappa shape index (κ1) is 16.8. The second kappa shape index (κ2) is 7.25. The third kappa shape index (κ3) is 4.09. The molecule has 6 nitrogen and oxygen atoms in total. The number of nitrogens with one attached hydrogen (secondary N) is 2. The summed E-state index contributed by atoms with van der Waals surface area (Å²) in [7, 11) is 0. The Morgan fingerprint density at radius 2 is 1.84 bits per heavy atom. The fourth-order valence-electron chi connectivity index (χ4n) is 2.57.